The number of unbranched alkanes of at least 4 members (excludes halogenated alkanes) is 1. The molecule has 140 valence electrons. The molecule has 2 rings (SSSR count). The van der Waals surface area contributed by atoms with Crippen molar-refractivity contribution in [2.45, 2.75) is 39.0 Å². The number of hydrogen-bond acceptors (Lipinski definition) is 3. The van der Waals surface area contributed by atoms with E-state index in [-0.39, 0.29) is 11.9 Å². The van der Waals surface area contributed by atoms with Gasteiger partial charge >= 0.3 is 5.97 Å². The molecule has 26 heavy (non-hydrogen) atoms. The van der Waals surface area contributed by atoms with E-state index in [1.54, 1.807) is 0 Å². The van der Waals surface area contributed by atoms with E-state index < -0.39 is 0 Å². The Morgan fingerprint density at radius 1 is 0.962 bits per heavy atom. The molecule has 0 amide bonds. The van der Waals surface area contributed by atoms with Gasteiger partial charge in [0.15, 0.2) is 0 Å². The van der Waals surface area contributed by atoms with Gasteiger partial charge in [0.25, 0.3) is 0 Å². The van der Waals surface area contributed by atoms with Crippen molar-refractivity contribution in [3.05, 3.63) is 71.8 Å². The van der Waals surface area contributed by atoms with Crippen LogP contribution in [0.3, 0.4) is 0 Å². The molecular weight excluding hydrogens is 322 g/mol. The zero-order valence-electron chi connectivity index (χ0n) is 16.1. The number of ether oxygens (including phenoxy) is 1. The van der Waals surface area contributed by atoms with Gasteiger partial charge in [0.05, 0.1) is 12.5 Å². The number of carbonyl (C=O) groups is 1. The summed E-state index contributed by atoms with van der Waals surface area (Å²) in [6.07, 6.45) is 3.04. The van der Waals surface area contributed by atoms with Crippen LogP contribution in [-0.4, -0.2) is 37.1 Å². The quantitative estimate of drug-likeness (QED) is 0.434. The molecule has 0 aliphatic carbocycles. The molecule has 0 radical (unpaired) electrons. The van der Waals surface area contributed by atoms with Crippen LogP contribution in [0.4, 0.5) is 0 Å². The molecule has 3 heteroatoms. The molecule has 1 atom stereocenters. The summed E-state index contributed by atoms with van der Waals surface area (Å²) < 4.78 is 5.45. The summed E-state index contributed by atoms with van der Waals surface area (Å²) in [6.45, 7) is 7.79. The van der Waals surface area contributed by atoms with Gasteiger partial charge in [-0.2, -0.15) is 0 Å². The van der Waals surface area contributed by atoms with Crippen LogP contribution < -0.4 is 0 Å². The highest BCUT2D eigenvalue weighted by Gasteiger charge is 2.16. The predicted octanol–water partition coefficient (Wildman–Crippen LogP) is 4.68. The Kier molecular flexibility index (Phi) is 8.91. The summed E-state index contributed by atoms with van der Waals surface area (Å²) in [6, 6.07) is 20.4. The first kappa shape index (κ1) is 20.2. The second-order valence-electron chi connectivity index (χ2n) is 6.68. The van der Waals surface area contributed by atoms with Gasteiger partial charge in [0, 0.05) is 6.54 Å². The SMILES string of the molecule is CCN(CCCCOC(=O)C(C)c1ccccc1)CCc1ccccc1. The van der Waals surface area contributed by atoms with E-state index in [9.17, 15) is 4.79 Å². The lowest BCUT2D eigenvalue weighted by atomic mass is 10.0. The van der Waals surface area contributed by atoms with Crippen molar-refractivity contribution in [3.8, 4) is 0 Å². The molecule has 0 aromatic heterocycles. The fourth-order valence-corrected chi connectivity index (χ4v) is 2.97. The Hall–Kier alpha value is -2.13. The third-order valence-corrected chi connectivity index (χ3v) is 4.77. The number of nitrogens with zero attached hydrogens (tertiary/aromatic N) is 1. The minimum atomic E-state index is -0.200. The van der Waals surface area contributed by atoms with E-state index in [2.05, 4.69) is 42.2 Å². The van der Waals surface area contributed by atoms with Gasteiger partial charge in [-0.1, -0.05) is 67.6 Å². The maximum Gasteiger partial charge on any atom is 0.313 e. The minimum Gasteiger partial charge on any atom is -0.465 e. The monoisotopic (exact) mass is 353 g/mol. The van der Waals surface area contributed by atoms with Crippen LogP contribution in [0.15, 0.2) is 60.7 Å². The van der Waals surface area contributed by atoms with Gasteiger partial charge in [0.1, 0.15) is 0 Å². The van der Waals surface area contributed by atoms with Crippen LogP contribution in [0, 0.1) is 0 Å². The van der Waals surface area contributed by atoms with Crippen molar-refractivity contribution in [2.75, 3.05) is 26.2 Å². The number of likely N-dealkylation sites (N-methyl/N-ethyl adjacent to an activating group) is 1. The van der Waals surface area contributed by atoms with Crippen molar-refractivity contribution in [3.63, 3.8) is 0 Å². The topological polar surface area (TPSA) is 29.5 Å². The van der Waals surface area contributed by atoms with E-state index >= 15 is 0 Å². The average Bonchev–Trinajstić information content (AvgIpc) is 2.70. The molecule has 0 aliphatic heterocycles. The zero-order valence-corrected chi connectivity index (χ0v) is 16.1. The maximum atomic E-state index is 12.1. The molecule has 2 aromatic rings. The maximum absolute atomic E-state index is 12.1. The molecule has 0 N–H and O–H groups in total. The van der Waals surface area contributed by atoms with E-state index in [4.69, 9.17) is 4.74 Å². The van der Waals surface area contributed by atoms with E-state index in [0.29, 0.717) is 6.61 Å². The smallest absolute Gasteiger partial charge is 0.313 e. The number of hydrogen-bond donors (Lipinski definition) is 0. The van der Waals surface area contributed by atoms with Crippen molar-refractivity contribution in [1.82, 2.24) is 4.90 Å². The van der Waals surface area contributed by atoms with Crippen molar-refractivity contribution < 1.29 is 9.53 Å². The molecule has 0 saturated heterocycles. The van der Waals surface area contributed by atoms with Crippen LogP contribution in [0.5, 0.6) is 0 Å². The summed E-state index contributed by atoms with van der Waals surface area (Å²) in [4.78, 5) is 14.6. The average molecular weight is 354 g/mol. The molecule has 0 bridgehead atoms. The van der Waals surface area contributed by atoms with Gasteiger partial charge < -0.3 is 9.64 Å². The van der Waals surface area contributed by atoms with Crippen molar-refractivity contribution in [1.29, 1.82) is 0 Å². The van der Waals surface area contributed by atoms with Crippen molar-refractivity contribution in [2.24, 2.45) is 0 Å². The molecule has 3 nitrogen and oxygen atoms in total. The Bertz CT molecular complexity index is 627. The summed E-state index contributed by atoms with van der Waals surface area (Å²) in [5.41, 5.74) is 2.39. The van der Waals surface area contributed by atoms with Gasteiger partial charge in [-0.15, -0.1) is 0 Å². The number of carbonyl (C=O) groups excluding carboxylic acids is 1. The largest absolute Gasteiger partial charge is 0.465 e. The molecule has 0 aliphatic rings. The summed E-state index contributed by atoms with van der Waals surface area (Å²) in [7, 11) is 0. The lowest BCUT2D eigenvalue weighted by molar-refractivity contribution is -0.145. The Morgan fingerprint density at radius 2 is 1.62 bits per heavy atom. The molecule has 0 fully saturated rings. The summed E-state index contributed by atoms with van der Waals surface area (Å²) >= 11 is 0. The Labute approximate surface area is 158 Å². The third kappa shape index (κ3) is 7.01. The third-order valence-electron chi connectivity index (χ3n) is 4.77. The molecule has 0 heterocycles. The van der Waals surface area contributed by atoms with Crippen LogP contribution >= 0.6 is 0 Å². The fraction of sp³-hybridized carbons (Fsp3) is 0.435. The normalized spacial score (nSPS) is 12.1. The second-order valence-corrected chi connectivity index (χ2v) is 6.68. The van der Waals surface area contributed by atoms with Gasteiger partial charge in [-0.25, -0.2) is 0 Å². The van der Waals surface area contributed by atoms with Crippen LogP contribution in [-0.2, 0) is 16.0 Å². The first-order valence-electron chi connectivity index (χ1n) is 9.68. The van der Waals surface area contributed by atoms with E-state index in [0.717, 1.165) is 44.5 Å². The lowest BCUT2D eigenvalue weighted by Gasteiger charge is -2.20. The molecule has 0 saturated carbocycles. The first-order valence-corrected chi connectivity index (χ1v) is 9.68. The summed E-state index contributed by atoms with van der Waals surface area (Å²) in [5.74, 6) is -0.332. The lowest BCUT2D eigenvalue weighted by Crippen LogP contribution is -2.27. The first-order chi connectivity index (χ1) is 12.7. The predicted molar refractivity (Wildman–Crippen MR) is 107 cm³/mol. The van der Waals surface area contributed by atoms with Crippen LogP contribution in [0.2, 0.25) is 0 Å². The number of rotatable bonds is 11. The number of benzene rings is 2. The minimum absolute atomic E-state index is 0.132. The molecule has 1 unspecified atom stereocenters. The van der Waals surface area contributed by atoms with E-state index in [1.165, 1.54) is 5.56 Å². The van der Waals surface area contributed by atoms with Gasteiger partial charge in [0.2, 0.25) is 0 Å². The standard InChI is InChI=1S/C23H31NO2/c1-3-24(18-16-21-12-6-4-7-13-21)17-10-11-19-26-23(25)20(2)22-14-8-5-9-15-22/h4-9,12-15,20H,3,10-11,16-19H2,1-2H3. The summed E-state index contributed by atoms with van der Waals surface area (Å²) in [5, 5.41) is 0. The Morgan fingerprint density at radius 3 is 2.27 bits per heavy atom. The highest BCUT2D eigenvalue weighted by Crippen LogP contribution is 2.16. The molecular formula is C23H31NO2. The van der Waals surface area contributed by atoms with E-state index in [1.807, 2.05) is 37.3 Å². The van der Waals surface area contributed by atoms with Gasteiger partial charge in [-0.05, 0) is 50.4 Å². The van der Waals surface area contributed by atoms with Gasteiger partial charge in [-0.3, -0.25) is 4.79 Å². The van der Waals surface area contributed by atoms with Crippen LogP contribution in [0.25, 0.3) is 0 Å². The molecule has 0 spiro atoms. The highest BCUT2D eigenvalue weighted by atomic mass is 16.5. The highest BCUT2D eigenvalue weighted by molar-refractivity contribution is 5.77. The van der Waals surface area contributed by atoms with Crippen molar-refractivity contribution >= 4 is 5.97 Å². The fourth-order valence-electron chi connectivity index (χ4n) is 2.97. The Balaban J connectivity index is 1.60. The number of esters is 1. The zero-order chi connectivity index (χ0) is 18.6. The molecule has 2 aromatic carbocycles. The van der Waals surface area contributed by atoms with Crippen LogP contribution in [0.1, 0.15) is 43.7 Å². The second kappa shape index (κ2) is 11.5.